The lowest BCUT2D eigenvalue weighted by atomic mass is 9.92. The molecule has 0 aliphatic heterocycles. The highest BCUT2D eigenvalue weighted by Crippen LogP contribution is 2.29. The van der Waals surface area contributed by atoms with E-state index in [0.717, 1.165) is 30.5 Å². The van der Waals surface area contributed by atoms with Crippen LogP contribution in [-0.2, 0) is 17.8 Å². The monoisotopic (exact) mass is 280 g/mol. The third-order valence-electron chi connectivity index (χ3n) is 3.91. The van der Waals surface area contributed by atoms with Gasteiger partial charge in [-0.25, -0.2) is 0 Å². The molecule has 2 atom stereocenters. The average molecular weight is 280 g/mol. The average Bonchev–Trinajstić information content (AvgIpc) is 2.82. The Balaban J connectivity index is 2.11. The van der Waals surface area contributed by atoms with Crippen molar-refractivity contribution in [3.63, 3.8) is 0 Å². The molecule has 2 rings (SSSR count). The molecule has 0 radical (unpaired) electrons. The molecule has 6 nitrogen and oxygen atoms in total. The van der Waals surface area contributed by atoms with E-state index in [1.165, 1.54) is 0 Å². The Morgan fingerprint density at radius 2 is 2.40 bits per heavy atom. The number of carbonyl (C=O) groups excluding carboxylic acids is 1. The Labute approximate surface area is 119 Å². The van der Waals surface area contributed by atoms with E-state index in [4.69, 9.17) is 10.8 Å². The van der Waals surface area contributed by atoms with Crippen LogP contribution in [0.4, 0.5) is 0 Å². The molecule has 1 unspecified atom stereocenters. The van der Waals surface area contributed by atoms with E-state index in [2.05, 4.69) is 10.4 Å². The molecule has 0 fully saturated rings. The first kappa shape index (κ1) is 15.0. The third-order valence-corrected chi connectivity index (χ3v) is 3.91. The predicted octanol–water partition coefficient (Wildman–Crippen LogP) is 0.352. The number of nitrogens with one attached hydrogen (secondary N) is 1. The first-order chi connectivity index (χ1) is 9.54. The van der Waals surface area contributed by atoms with Crippen molar-refractivity contribution in [2.75, 3.05) is 6.61 Å². The Bertz CT molecular complexity index is 470. The maximum Gasteiger partial charge on any atom is 0.237 e. The van der Waals surface area contributed by atoms with Crippen LogP contribution in [0.3, 0.4) is 0 Å². The van der Waals surface area contributed by atoms with Gasteiger partial charge in [-0.1, -0.05) is 13.8 Å². The van der Waals surface area contributed by atoms with Crippen LogP contribution in [0.2, 0.25) is 0 Å². The minimum Gasteiger partial charge on any atom is -0.394 e. The van der Waals surface area contributed by atoms with Crippen molar-refractivity contribution in [2.45, 2.75) is 51.7 Å². The molecule has 0 saturated carbocycles. The zero-order valence-corrected chi connectivity index (χ0v) is 12.2. The number of aliphatic hydroxyl groups is 1. The number of amides is 1. The molecule has 20 heavy (non-hydrogen) atoms. The first-order valence-electron chi connectivity index (χ1n) is 7.26. The lowest BCUT2D eigenvalue weighted by Crippen LogP contribution is -2.45. The van der Waals surface area contributed by atoms with Crippen molar-refractivity contribution in [3.8, 4) is 0 Å². The third kappa shape index (κ3) is 3.02. The van der Waals surface area contributed by atoms with E-state index >= 15 is 0 Å². The second-order valence-electron chi connectivity index (χ2n) is 5.72. The Kier molecular flexibility index (Phi) is 4.77. The second-order valence-corrected chi connectivity index (χ2v) is 5.72. The predicted molar refractivity (Wildman–Crippen MR) is 75.9 cm³/mol. The summed E-state index contributed by atoms with van der Waals surface area (Å²) >= 11 is 0. The molecular weight excluding hydrogens is 256 g/mol. The molecule has 1 heterocycles. The first-order valence-corrected chi connectivity index (χ1v) is 7.26. The van der Waals surface area contributed by atoms with Gasteiger partial charge in [-0.15, -0.1) is 0 Å². The lowest BCUT2D eigenvalue weighted by Gasteiger charge is -2.26. The molecule has 1 aliphatic carbocycles. The molecule has 1 amide bonds. The number of nitrogens with two attached hydrogens (primary N) is 1. The second kappa shape index (κ2) is 6.37. The minimum absolute atomic E-state index is 0.0107. The van der Waals surface area contributed by atoms with E-state index in [9.17, 15) is 4.79 Å². The van der Waals surface area contributed by atoms with E-state index < -0.39 is 6.04 Å². The van der Waals surface area contributed by atoms with Gasteiger partial charge in [-0.05, 0) is 25.2 Å². The summed E-state index contributed by atoms with van der Waals surface area (Å²) in [7, 11) is 0. The molecule has 1 aliphatic rings. The molecule has 1 aromatic rings. The topological polar surface area (TPSA) is 93.2 Å². The zero-order chi connectivity index (χ0) is 14.7. The van der Waals surface area contributed by atoms with Gasteiger partial charge in [0.2, 0.25) is 5.91 Å². The summed E-state index contributed by atoms with van der Waals surface area (Å²) in [5.41, 5.74) is 8.07. The highest BCUT2D eigenvalue weighted by Gasteiger charge is 2.27. The smallest absolute Gasteiger partial charge is 0.237 e. The van der Waals surface area contributed by atoms with Crippen LogP contribution < -0.4 is 11.1 Å². The summed E-state index contributed by atoms with van der Waals surface area (Å²) in [6.07, 6.45) is 4.66. The molecule has 6 heteroatoms. The number of nitrogens with zero attached hydrogens (tertiary/aromatic N) is 2. The summed E-state index contributed by atoms with van der Waals surface area (Å²) in [4.78, 5) is 12.1. The normalized spacial score (nSPS) is 19.8. The van der Waals surface area contributed by atoms with Gasteiger partial charge in [-0.2, -0.15) is 5.10 Å². The van der Waals surface area contributed by atoms with Gasteiger partial charge in [0.1, 0.15) is 0 Å². The summed E-state index contributed by atoms with van der Waals surface area (Å²) < 4.78 is 1.83. The summed E-state index contributed by atoms with van der Waals surface area (Å²) in [5, 5.41) is 16.4. The van der Waals surface area contributed by atoms with Crippen molar-refractivity contribution >= 4 is 5.91 Å². The molecule has 4 N–H and O–H groups in total. The molecule has 112 valence electrons. The van der Waals surface area contributed by atoms with Gasteiger partial charge in [-0.3, -0.25) is 9.48 Å². The van der Waals surface area contributed by atoms with E-state index in [0.29, 0.717) is 6.54 Å². The standard InChI is InChI=1S/C14H24N4O2/c1-9(2)13(15)14(20)17-11-4-3-5-12-10(11)8-16-18(12)6-7-19/h8-9,11,13,19H,3-7,15H2,1-2H3,(H,17,20)/t11?,13-/m0/s1. The molecule has 0 aromatic carbocycles. The quantitative estimate of drug-likeness (QED) is 0.725. The van der Waals surface area contributed by atoms with Crippen molar-refractivity contribution in [1.29, 1.82) is 0 Å². The number of fused-ring (bicyclic) bond motifs is 1. The van der Waals surface area contributed by atoms with Crippen molar-refractivity contribution in [1.82, 2.24) is 15.1 Å². The van der Waals surface area contributed by atoms with Crippen LogP contribution in [0.5, 0.6) is 0 Å². The molecule has 0 bridgehead atoms. The van der Waals surface area contributed by atoms with Gasteiger partial charge in [0.15, 0.2) is 0 Å². The van der Waals surface area contributed by atoms with Gasteiger partial charge in [0.25, 0.3) is 0 Å². The summed E-state index contributed by atoms with van der Waals surface area (Å²) in [6.45, 7) is 4.45. The van der Waals surface area contributed by atoms with Crippen LogP contribution in [0.15, 0.2) is 6.20 Å². The number of hydrogen-bond acceptors (Lipinski definition) is 4. The summed E-state index contributed by atoms with van der Waals surface area (Å²) in [6, 6.07) is -0.489. The van der Waals surface area contributed by atoms with E-state index in [1.54, 1.807) is 6.20 Å². The number of aromatic nitrogens is 2. The Morgan fingerprint density at radius 3 is 3.05 bits per heavy atom. The molecule has 0 spiro atoms. The Morgan fingerprint density at radius 1 is 1.65 bits per heavy atom. The molecule has 0 saturated heterocycles. The van der Waals surface area contributed by atoms with Crippen LogP contribution in [-0.4, -0.2) is 33.4 Å². The maximum absolute atomic E-state index is 12.1. The van der Waals surface area contributed by atoms with E-state index in [-0.39, 0.29) is 24.5 Å². The fourth-order valence-corrected chi connectivity index (χ4v) is 2.63. The largest absolute Gasteiger partial charge is 0.394 e. The van der Waals surface area contributed by atoms with Gasteiger partial charge in [0, 0.05) is 11.3 Å². The van der Waals surface area contributed by atoms with Crippen LogP contribution in [0.25, 0.3) is 0 Å². The fraction of sp³-hybridized carbons (Fsp3) is 0.714. The molecular formula is C14H24N4O2. The van der Waals surface area contributed by atoms with Gasteiger partial charge >= 0.3 is 0 Å². The minimum atomic E-state index is -0.479. The zero-order valence-electron chi connectivity index (χ0n) is 12.2. The SMILES string of the molecule is CC(C)[C@H](N)C(=O)NC1CCCc2c1cnn2CCO. The number of aliphatic hydroxyl groups excluding tert-OH is 1. The van der Waals surface area contributed by atoms with Crippen molar-refractivity contribution in [3.05, 3.63) is 17.5 Å². The molecule has 1 aromatic heterocycles. The number of carbonyl (C=O) groups is 1. The number of rotatable bonds is 5. The van der Waals surface area contributed by atoms with Gasteiger partial charge < -0.3 is 16.2 Å². The fourth-order valence-electron chi connectivity index (χ4n) is 2.63. The van der Waals surface area contributed by atoms with Crippen molar-refractivity contribution < 1.29 is 9.90 Å². The van der Waals surface area contributed by atoms with Crippen LogP contribution >= 0.6 is 0 Å². The maximum atomic E-state index is 12.1. The van der Waals surface area contributed by atoms with Crippen LogP contribution in [0, 0.1) is 5.92 Å². The lowest BCUT2D eigenvalue weighted by molar-refractivity contribution is -0.124. The summed E-state index contributed by atoms with van der Waals surface area (Å²) in [5.74, 6) is 0.0166. The van der Waals surface area contributed by atoms with E-state index in [1.807, 2.05) is 18.5 Å². The van der Waals surface area contributed by atoms with Crippen LogP contribution in [0.1, 0.15) is 44.0 Å². The Hall–Kier alpha value is -1.40. The highest BCUT2D eigenvalue weighted by molar-refractivity contribution is 5.82. The van der Waals surface area contributed by atoms with Crippen molar-refractivity contribution in [2.24, 2.45) is 11.7 Å². The highest BCUT2D eigenvalue weighted by atomic mass is 16.3. The van der Waals surface area contributed by atoms with Gasteiger partial charge in [0.05, 0.1) is 31.4 Å². The number of hydrogen-bond donors (Lipinski definition) is 3.